The number of rotatable bonds is 3. The third kappa shape index (κ3) is 2.54. The SMILES string of the molecule is COc1ccc(C2CCC(CN)CN2)cc1. The number of benzene rings is 1. The van der Waals surface area contributed by atoms with Crippen molar-refractivity contribution in [2.75, 3.05) is 20.2 Å². The summed E-state index contributed by atoms with van der Waals surface area (Å²) in [6.07, 6.45) is 2.40. The van der Waals surface area contributed by atoms with E-state index in [9.17, 15) is 0 Å². The number of hydrogen-bond acceptors (Lipinski definition) is 3. The highest BCUT2D eigenvalue weighted by atomic mass is 16.5. The van der Waals surface area contributed by atoms with E-state index >= 15 is 0 Å². The van der Waals surface area contributed by atoms with Crippen molar-refractivity contribution in [2.24, 2.45) is 11.7 Å². The fourth-order valence-electron chi connectivity index (χ4n) is 2.24. The predicted molar refractivity (Wildman–Crippen MR) is 65.5 cm³/mol. The van der Waals surface area contributed by atoms with Gasteiger partial charge < -0.3 is 15.8 Å². The number of nitrogens with two attached hydrogens (primary N) is 1. The normalized spacial score (nSPS) is 25.4. The van der Waals surface area contributed by atoms with Gasteiger partial charge >= 0.3 is 0 Å². The van der Waals surface area contributed by atoms with E-state index in [0.717, 1.165) is 18.8 Å². The molecule has 3 heteroatoms. The zero-order valence-electron chi connectivity index (χ0n) is 9.78. The van der Waals surface area contributed by atoms with E-state index < -0.39 is 0 Å². The first-order valence-electron chi connectivity index (χ1n) is 5.91. The van der Waals surface area contributed by atoms with Crippen LogP contribution in [0.4, 0.5) is 0 Å². The second-order valence-corrected chi connectivity index (χ2v) is 4.41. The van der Waals surface area contributed by atoms with Gasteiger partial charge in [0.05, 0.1) is 7.11 Å². The van der Waals surface area contributed by atoms with E-state index in [1.807, 2.05) is 12.1 Å². The van der Waals surface area contributed by atoms with Crippen LogP contribution in [0.1, 0.15) is 24.4 Å². The Morgan fingerprint density at radius 2 is 2.06 bits per heavy atom. The van der Waals surface area contributed by atoms with Gasteiger partial charge in [-0.05, 0) is 49.5 Å². The standard InChI is InChI=1S/C13H20N2O/c1-16-12-5-3-11(4-6-12)13-7-2-10(8-14)9-15-13/h3-6,10,13,15H,2,7-9,14H2,1H3. The summed E-state index contributed by atoms with van der Waals surface area (Å²) in [5.74, 6) is 1.56. The molecule has 2 rings (SSSR count). The Labute approximate surface area is 97.0 Å². The molecule has 1 aromatic rings. The van der Waals surface area contributed by atoms with Gasteiger partial charge in [-0.15, -0.1) is 0 Å². The molecule has 0 aromatic heterocycles. The zero-order valence-corrected chi connectivity index (χ0v) is 9.78. The van der Waals surface area contributed by atoms with Gasteiger partial charge in [-0.3, -0.25) is 0 Å². The van der Waals surface area contributed by atoms with Gasteiger partial charge in [-0.2, -0.15) is 0 Å². The maximum Gasteiger partial charge on any atom is 0.118 e. The molecular formula is C13H20N2O. The van der Waals surface area contributed by atoms with Crippen LogP contribution in [0.2, 0.25) is 0 Å². The Kier molecular flexibility index (Phi) is 3.80. The average Bonchev–Trinajstić information content (AvgIpc) is 2.39. The van der Waals surface area contributed by atoms with Crippen molar-refractivity contribution < 1.29 is 4.74 Å². The summed E-state index contributed by atoms with van der Waals surface area (Å²) in [6.45, 7) is 1.83. The van der Waals surface area contributed by atoms with Crippen LogP contribution >= 0.6 is 0 Å². The molecule has 2 unspecified atom stereocenters. The summed E-state index contributed by atoms with van der Waals surface area (Å²) >= 11 is 0. The van der Waals surface area contributed by atoms with E-state index in [1.54, 1.807) is 7.11 Å². The number of hydrogen-bond donors (Lipinski definition) is 2. The van der Waals surface area contributed by atoms with Gasteiger partial charge in [0.15, 0.2) is 0 Å². The highest BCUT2D eigenvalue weighted by Crippen LogP contribution is 2.26. The Hall–Kier alpha value is -1.06. The molecule has 0 spiro atoms. The molecular weight excluding hydrogens is 200 g/mol. The summed E-state index contributed by atoms with van der Waals surface area (Å²) in [5, 5.41) is 3.55. The van der Waals surface area contributed by atoms with E-state index in [1.165, 1.54) is 18.4 Å². The summed E-state index contributed by atoms with van der Waals surface area (Å²) in [4.78, 5) is 0. The molecule has 0 aliphatic carbocycles. The summed E-state index contributed by atoms with van der Waals surface area (Å²) < 4.78 is 5.15. The monoisotopic (exact) mass is 220 g/mol. The Bertz CT molecular complexity index is 315. The molecule has 1 fully saturated rings. The van der Waals surface area contributed by atoms with Crippen LogP contribution in [0.3, 0.4) is 0 Å². The van der Waals surface area contributed by atoms with Gasteiger partial charge in [0.2, 0.25) is 0 Å². The molecule has 1 heterocycles. The predicted octanol–water partition coefficient (Wildman–Crippen LogP) is 1.69. The maximum atomic E-state index is 5.67. The van der Waals surface area contributed by atoms with Crippen molar-refractivity contribution in [3.63, 3.8) is 0 Å². The quantitative estimate of drug-likeness (QED) is 0.815. The third-order valence-electron chi connectivity index (χ3n) is 3.37. The van der Waals surface area contributed by atoms with Crippen LogP contribution in [0.15, 0.2) is 24.3 Å². The van der Waals surface area contributed by atoms with Gasteiger partial charge in [0.25, 0.3) is 0 Å². The molecule has 3 N–H and O–H groups in total. The molecule has 1 aliphatic heterocycles. The third-order valence-corrected chi connectivity index (χ3v) is 3.37. The lowest BCUT2D eigenvalue weighted by Crippen LogP contribution is -2.36. The first-order valence-corrected chi connectivity index (χ1v) is 5.91. The smallest absolute Gasteiger partial charge is 0.118 e. The van der Waals surface area contributed by atoms with Gasteiger partial charge in [0.1, 0.15) is 5.75 Å². The van der Waals surface area contributed by atoms with E-state index in [4.69, 9.17) is 10.5 Å². The zero-order chi connectivity index (χ0) is 11.4. The second-order valence-electron chi connectivity index (χ2n) is 4.41. The minimum absolute atomic E-state index is 0.480. The summed E-state index contributed by atoms with van der Waals surface area (Å²) in [5.41, 5.74) is 7.01. The molecule has 0 bridgehead atoms. The van der Waals surface area contributed by atoms with Crippen LogP contribution in [0, 0.1) is 5.92 Å². The molecule has 0 radical (unpaired) electrons. The molecule has 0 amide bonds. The van der Waals surface area contributed by atoms with Crippen molar-refractivity contribution >= 4 is 0 Å². The first-order chi connectivity index (χ1) is 7.83. The van der Waals surface area contributed by atoms with E-state index in [2.05, 4.69) is 17.4 Å². The van der Waals surface area contributed by atoms with Crippen molar-refractivity contribution in [1.82, 2.24) is 5.32 Å². The lowest BCUT2D eigenvalue weighted by molar-refractivity contribution is 0.320. The fourth-order valence-corrected chi connectivity index (χ4v) is 2.24. The van der Waals surface area contributed by atoms with Crippen LogP contribution < -0.4 is 15.8 Å². The van der Waals surface area contributed by atoms with Crippen LogP contribution in [0.25, 0.3) is 0 Å². The Morgan fingerprint density at radius 1 is 1.31 bits per heavy atom. The molecule has 16 heavy (non-hydrogen) atoms. The van der Waals surface area contributed by atoms with Crippen LogP contribution in [-0.2, 0) is 0 Å². The molecule has 2 atom stereocenters. The summed E-state index contributed by atoms with van der Waals surface area (Å²) in [6, 6.07) is 8.80. The number of nitrogens with one attached hydrogen (secondary N) is 1. The van der Waals surface area contributed by atoms with Crippen molar-refractivity contribution in [3.8, 4) is 5.75 Å². The molecule has 0 saturated carbocycles. The molecule has 88 valence electrons. The second kappa shape index (κ2) is 5.32. The highest BCUT2D eigenvalue weighted by molar-refractivity contribution is 5.29. The van der Waals surface area contributed by atoms with Gasteiger partial charge in [-0.1, -0.05) is 12.1 Å². The van der Waals surface area contributed by atoms with Gasteiger partial charge in [-0.25, -0.2) is 0 Å². The Balaban J connectivity index is 1.97. The summed E-state index contributed by atoms with van der Waals surface area (Å²) in [7, 11) is 1.69. The van der Waals surface area contributed by atoms with Crippen molar-refractivity contribution in [3.05, 3.63) is 29.8 Å². The average molecular weight is 220 g/mol. The first kappa shape index (κ1) is 11.4. The van der Waals surface area contributed by atoms with E-state index in [0.29, 0.717) is 12.0 Å². The van der Waals surface area contributed by atoms with Crippen LogP contribution in [0.5, 0.6) is 5.75 Å². The minimum Gasteiger partial charge on any atom is -0.497 e. The van der Waals surface area contributed by atoms with E-state index in [-0.39, 0.29) is 0 Å². The molecule has 1 aliphatic rings. The van der Waals surface area contributed by atoms with Crippen LogP contribution in [-0.4, -0.2) is 20.2 Å². The van der Waals surface area contributed by atoms with Crippen molar-refractivity contribution in [1.29, 1.82) is 0 Å². The molecule has 1 saturated heterocycles. The Morgan fingerprint density at radius 3 is 2.56 bits per heavy atom. The topological polar surface area (TPSA) is 47.3 Å². The van der Waals surface area contributed by atoms with Crippen molar-refractivity contribution in [2.45, 2.75) is 18.9 Å². The molecule has 3 nitrogen and oxygen atoms in total. The lowest BCUT2D eigenvalue weighted by atomic mass is 9.91. The van der Waals surface area contributed by atoms with Gasteiger partial charge in [0, 0.05) is 6.04 Å². The molecule has 1 aromatic carbocycles. The largest absolute Gasteiger partial charge is 0.497 e. The minimum atomic E-state index is 0.480. The lowest BCUT2D eigenvalue weighted by Gasteiger charge is -2.29. The fraction of sp³-hybridized carbons (Fsp3) is 0.538. The number of methoxy groups -OCH3 is 1. The number of ether oxygens (including phenoxy) is 1. The number of piperidine rings is 1. The maximum absolute atomic E-state index is 5.67. The highest BCUT2D eigenvalue weighted by Gasteiger charge is 2.20.